The van der Waals surface area contributed by atoms with Gasteiger partial charge in [-0.2, -0.15) is 0 Å². The highest BCUT2D eigenvalue weighted by atomic mass is 16.5. The molecule has 1 fully saturated rings. The maximum atomic E-state index is 12.8. The molecule has 0 bridgehead atoms. The first-order valence-electron chi connectivity index (χ1n) is 12.0. The molecule has 1 saturated heterocycles. The molecule has 5 rings (SSSR count). The van der Waals surface area contributed by atoms with Gasteiger partial charge in [0.1, 0.15) is 11.9 Å². The van der Waals surface area contributed by atoms with Crippen LogP contribution in [0.15, 0.2) is 60.7 Å². The second kappa shape index (κ2) is 10.1. The van der Waals surface area contributed by atoms with Crippen LogP contribution in [0.4, 0.5) is 11.4 Å². The SMILES string of the molecule is COc1cccc(NC2CCN(CC(=O)Nc3ccc4c(c3)-c3ccccc3C4O)CC2)c1CO. The molecule has 35 heavy (non-hydrogen) atoms. The van der Waals surface area contributed by atoms with Crippen LogP contribution in [-0.2, 0) is 11.4 Å². The number of nitrogens with zero attached hydrogens (tertiary/aromatic N) is 1. The van der Waals surface area contributed by atoms with Crippen LogP contribution in [-0.4, -0.2) is 53.8 Å². The van der Waals surface area contributed by atoms with Gasteiger partial charge in [0.2, 0.25) is 5.91 Å². The highest BCUT2D eigenvalue weighted by Crippen LogP contribution is 2.44. The number of carbonyl (C=O) groups excluding carboxylic acids is 1. The van der Waals surface area contributed by atoms with Crippen molar-refractivity contribution in [3.8, 4) is 16.9 Å². The number of hydrogen-bond donors (Lipinski definition) is 4. The van der Waals surface area contributed by atoms with Gasteiger partial charge in [0.15, 0.2) is 0 Å². The second-order valence-corrected chi connectivity index (χ2v) is 9.18. The number of rotatable bonds is 7. The van der Waals surface area contributed by atoms with Crippen molar-refractivity contribution in [3.63, 3.8) is 0 Å². The number of amides is 1. The third-order valence-electron chi connectivity index (χ3n) is 7.00. The van der Waals surface area contributed by atoms with E-state index in [1.165, 1.54) is 0 Å². The summed E-state index contributed by atoms with van der Waals surface area (Å²) in [6.07, 6.45) is 1.19. The van der Waals surface area contributed by atoms with Crippen LogP contribution in [0.1, 0.15) is 35.6 Å². The summed E-state index contributed by atoms with van der Waals surface area (Å²) in [5, 5.41) is 26.9. The number of likely N-dealkylation sites (tertiary alicyclic amines) is 1. The van der Waals surface area contributed by atoms with Gasteiger partial charge in [-0.1, -0.05) is 36.4 Å². The Balaban J connectivity index is 1.16. The summed E-state index contributed by atoms with van der Waals surface area (Å²) >= 11 is 0. The van der Waals surface area contributed by atoms with Crippen LogP contribution in [0.2, 0.25) is 0 Å². The van der Waals surface area contributed by atoms with E-state index in [4.69, 9.17) is 4.74 Å². The lowest BCUT2D eigenvalue weighted by Crippen LogP contribution is -2.42. The van der Waals surface area contributed by atoms with Gasteiger partial charge in [-0.15, -0.1) is 0 Å². The van der Waals surface area contributed by atoms with Gasteiger partial charge in [0.05, 0.1) is 20.3 Å². The number of carbonyl (C=O) groups is 1. The number of fused-ring (bicyclic) bond motifs is 3. The number of aliphatic hydroxyl groups excluding tert-OH is 2. The van der Waals surface area contributed by atoms with Gasteiger partial charge in [-0.05, 0) is 59.4 Å². The maximum Gasteiger partial charge on any atom is 0.238 e. The minimum absolute atomic E-state index is 0.0430. The van der Waals surface area contributed by atoms with Gasteiger partial charge in [0, 0.05) is 36.1 Å². The minimum Gasteiger partial charge on any atom is -0.496 e. The number of piperidine rings is 1. The Hall–Kier alpha value is -3.39. The normalized spacial score (nSPS) is 17.5. The van der Waals surface area contributed by atoms with E-state index in [0.29, 0.717) is 12.3 Å². The zero-order chi connectivity index (χ0) is 24.4. The number of anilines is 2. The molecule has 2 aliphatic rings. The molecule has 1 unspecified atom stereocenters. The smallest absolute Gasteiger partial charge is 0.238 e. The predicted octanol–water partition coefficient (Wildman–Crippen LogP) is 3.76. The van der Waals surface area contributed by atoms with Crippen molar-refractivity contribution in [2.24, 2.45) is 0 Å². The first kappa shape index (κ1) is 23.4. The summed E-state index contributed by atoms with van der Waals surface area (Å²) < 4.78 is 5.36. The molecule has 7 heteroatoms. The molecule has 7 nitrogen and oxygen atoms in total. The third kappa shape index (κ3) is 4.75. The van der Waals surface area contributed by atoms with Gasteiger partial charge in [0.25, 0.3) is 0 Å². The molecule has 1 heterocycles. The Morgan fingerprint density at radius 2 is 1.80 bits per heavy atom. The summed E-state index contributed by atoms with van der Waals surface area (Å²) in [6.45, 7) is 1.88. The van der Waals surface area contributed by atoms with Crippen LogP contribution < -0.4 is 15.4 Å². The monoisotopic (exact) mass is 473 g/mol. The average Bonchev–Trinajstić information content (AvgIpc) is 3.16. The van der Waals surface area contributed by atoms with Crippen molar-refractivity contribution in [2.45, 2.75) is 31.6 Å². The van der Waals surface area contributed by atoms with Crippen LogP contribution in [0.25, 0.3) is 11.1 Å². The first-order chi connectivity index (χ1) is 17.1. The minimum atomic E-state index is -0.619. The molecule has 0 aromatic heterocycles. The predicted molar refractivity (Wildman–Crippen MR) is 137 cm³/mol. The van der Waals surface area contributed by atoms with E-state index >= 15 is 0 Å². The number of hydrogen-bond acceptors (Lipinski definition) is 6. The number of aliphatic hydroxyl groups is 2. The van der Waals surface area contributed by atoms with Gasteiger partial charge < -0.3 is 25.6 Å². The molecule has 182 valence electrons. The van der Waals surface area contributed by atoms with Gasteiger partial charge in [-0.25, -0.2) is 0 Å². The van der Waals surface area contributed by atoms with E-state index in [1.54, 1.807) is 7.11 Å². The van der Waals surface area contributed by atoms with Crippen molar-refractivity contribution in [2.75, 3.05) is 37.4 Å². The average molecular weight is 474 g/mol. The highest BCUT2D eigenvalue weighted by Gasteiger charge is 2.27. The van der Waals surface area contributed by atoms with E-state index < -0.39 is 6.10 Å². The van der Waals surface area contributed by atoms with E-state index in [-0.39, 0.29) is 18.6 Å². The molecule has 0 spiro atoms. The van der Waals surface area contributed by atoms with E-state index in [9.17, 15) is 15.0 Å². The van der Waals surface area contributed by atoms with E-state index in [1.807, 2.05) is 60.7 Å². The zero-order valence-electron chi connectivity index (χ0n) is 19.8. The van der Waals surface area contributed by atoms with Crippen molar-refractivity contribution in [1.82, 2.24) is 4.90 Å². The lowest BCUT2D eigenvalue weighted by atomic mass is 10.0. The Morgan fingerprint density at radius 1 is 1.03 bits per heavy atom. The fraction of sp³-hybridized carbons (Fsp3) is 0.321. The summed E-state index contributed by atoms with van der Waals surface area (Å²) in [5.41, 5.74) is 6.16. The fourth-order valence-electron chi connectivity index (χ4n) is 5.17. The first-order valence-corrected chi connectivity index (χ1v) is 12.0. The van der Waals surface area contributed by atoms with Gasteiger partial charge in [-0.3, -0.25) is 9.69 Å². The lowest BCUT2D eigenvalue weighted by molar-refractivity contribution is -0.117. The van der Waals surface area contributed by atoms with Crippen LogP contribution >= 0.6 is 0 Å². The second-order valence-electron chi connectivity index (χ2n) is 9.18. The molecule has 0 saturated carbocycles. The van der Waals surface area contributed by atoms with E-state index in [0.717, 1.165) is 65.1 Å². The summed E-state index contributed by atoms with van der Waals surface area (Å²) in [6, 6.07) is 19.5. The standard InChI is InChI=1S/C28H31N3O4/c1-35-26-8-4-7-25(24(26)17-32)29-18-11-13-31(14-12-18)16-27(33)30-19-9-10-22-23(15-19)20-5-2-3-6-21(20)28(22)34/h2-10,15,18,28-29,32,34H,11-14,16-17H2,1H3,(H,30,33). The zero-order valence-corrected chi connectivity index (χ0v) is 19.8. The molecule has 1 aliphatic heterocycles. The molecule has 3 aromatic carbocycles. The maximum absolute atomic E-state index is 12.8. The summed E-state index contributed by atoms with van der Waals surface area (Å²) in [5.74, 6) is 0.634. The van der Waals surface area contributed by atoms with Crippen molar-refractivity contribution < 1.29 is 19.7 Å². The molecule has 1 atom stereocenters. The van der Waals surface area contributed by atoms with Crippen LogP contribution in [0, 0.1) is 0 Å². The fourth-order valence-corrected chi connectivity index (χ4v) is 5.17. The highest BCUT2D eigenvalue weighted by molar-refractivity contribution is 5.93. The Kier molecular flexibility index (Phi) is 6.72. The van der Waals surface area contributed by atoms with Crippen LogP contribution in [0.3, 0.4) is 0 Å². The van der Waals surface area contributed by atoms with Crippen molar-refractivity contribution >= 4 is 17.3 Å². The Labute approximate surface area is 205 Å². The van der Waals surface area contributed by atoms with Crippen LogP contribution in [0.5, 0.6) is 5.75 Å². The van der Waals surface area contributed by atoms with Gasteiger partial charge >= 0.3 is 0 Å². The number of nitrogens with one attached hydrogen (secondary N) is 2. The number of benzene rings is 3. The molecule has 3 aromatic rings. The third-order valence-corrected chi connectivity index (χ3v) is 7.00. The molecule has 4 N–H and O–H groups in total. The Morgan fingerprint density at radius 3 is 2.57 bits per heavy atom. The topological polar surface area (TPSA) is 94.1 Å². The Bertz CT molecular complexity index is 1220. The quantitative estimate of drug-likeness (QED) is 0.418. The molecular formula is C28H31N3O4. The van der Waals surface area contributed by atoms with E-state index in [2.05, 4.69) is 15.5 Å². The molecule has 1 amide bonds. The van der Waals surface area contributed by atoms with Crippen molar-refractivity contribution in [1.29, 1.82) is 0 Å². The number of methoxy groups -OCH3 is 1. The molecule has 0 radical (unpaired) electrons. The lowest BCUT2D eigenvalue weighted by Gasteiger charge is -2.33. The molecular weight excluding hydrogens is 442 g/mol. The summed E-state index contributed by atoms with van der Waals surface area (Å²) in [7, 11) is 1.60. The number of ether oxygens (including phenoxy) is 1. The largest absolute Gasteiger partial charge is 0.496 e. The van der Waals surface area contributed by atoms with Crippen molar-refractivity contribution in [3.05, 3.63) is 77.4 Å². The summed E-state index contributed by atoms with van der Waals surface area (Å²) in [4.78, 5) is 14.9. The molecule has 1 aliphatic carbocycles.